The minimum absolute atomic E-state index is 0.0835. The van der Waals surface area contributed by atoms with Crippen LogP contribution in [0.3, 0.4) is 0 Å². The van der Waals surface area contributed by atoms with Gasteiger partial charge in [0.15, 0.2) is 0 Å². The van der Waals surface area contributed by atoms with Gasteiger partial charge in [-0.1, -0.05) is 13.8 Å². The van der Waals surface area contributed by atoms with Gasteiger partial charge in [0.25, 0.3) is 5.56 Å². The molecule has 1 aromatic carbocycles. The molecule has 0 aliphatic rings. The minimum Gasteiger partial charge on any atom is -0.298 e. The maximum Gasteiger partial charge on any atom is 0.271 e. The van der Waals surface area contributed by atoms with E-state index < -0.39 is 0 Å². The minimum atomic E-state index is 0.0835. The summed E-state index contributed by atoms with van der Waals surface area (Å²) in [4.78, 5) is 17.1. The van der Waals surface area contributed by atoms with Crippen molar-refractivity contribution in [2.24, 2.45) is 5.92 Å². The Morgan fingerprint density at radius 1 is 1.25 bits per heavy atom. The third kappa shape index (κ3) is 2.04. The second-order valence-corrected chi connectivity index (χ2v) is 6.86. The van der Waals surface area contributed by atoms with Crippen molar-refractivity contribution < 1.29 is 0 Å². The van der Waals surface area contributed by atoms with Crippen molar-refractivity contribution in [1.82, 2.24) is 9.55 Å². The molecule has 0 radical (unpaired) electrons. The second kappa shape index (κ2) is 4.70. The highest BCUT2D eigenvalue weighted by Gasteiger charge is 2.13. The van der Waals surface area contributed by atoms with Crippen LogP contribution in [-0.4, -0.2) is 9.55 Å². The number of benzene rings is 1. The third-order valence-corrected chi connectivity index (χ3v) is 4.75. The summed E-state index contributed by atoms with van der Waals surface area (Å²) in [7, 11) is 0. The number of hydrogen-bond donors (Lipinski definition) is 0. The summed E-state index contributed by atoms with van der Waals surface area (Å²) >= 11 is 1.56. The summed E-state index contributed by atoms with van der Waals surface area (Å²) in [6.07, 6.45) is 1.69. The van der Waals surface area contributed by atoms with E-state index in [4.69, 9.17) is 0 Å². The van der Waals surface area contributed by atoms with Crippen molar-refractivity contribution >= 4 is 31.6 Å². The quantitative estimate of drug-likeness (QED) is 0.716. The molecule has 2 heterocycles. The molecule has 0 saturated heterocycles. The first kappa shape index (κ1) is 13.3. The molecule has 0 saturated carbocycles. The van der Waals surface area contributed by atoms with Crippen LogP contribution in [0.15, 0.2) is 23.3 Å². The SMILES string of the molecule is Cc1cc2sc3c(=O)n(CC(C)C)cnc3c2cc1C. The molecule has 20 heavy (non-hydrogen) atoms. The molecule has 3 aromatic rings. The number of hydrogen-bond acceptors (Lipinski definition) is 3. The van der Waals surface area contributed by atoms with E-state index in [2.05, 4.69) is 44.8 Å². The van der Waals surface area contributed by atoms with Gasteiger partial charge in [-0.05, 0) is 43.0 Å². The van der Waals surface area contributed by atoms with Crippen LogP contribution in [0.4, 0.5) is 0 Å². The molecule has 0 aliphatic carbocycles. The zero-order valence-electron chi connectivity index (χ0n) is 12.2. The molecule has 0 N–H and O–H groups in total. The van der Waals surface area contributed by atoms with Crippen LogP contribution in [0.5, 0.6) is 0 Å². The highest BCUT2D eigenvalue weighted by atomic mass is 32.1. The van der Waals surface area contributed by atoms with Gasteiger partial charge < -0.3 is 0 Å². The molecule has 0 aliphatic heterocycles. The van der Waals surface area contributed by atoms with E-state index in [-0.39, 0.29) is 5.56 Å². The first-order chi connectivity index (χ1) is 9.47. The summed E-state index contributed by atoms with van der Waals surface area (Å²) in [5, 5.41) is 1.10. The molecule has 0 amide bonds. The van der Waals surface area contributed by atoms with Crippen molar-refractivity contribution in [2.45, 2.75) is 34.2 Å². The molecular weight excluding hydrogens is 268 g/mol. The predicted octanol–water partition coefficient (Wildman–Crippen LogP) is 3.88. The van der Waals surface area contributed by atoms with Gasteiger partial charge in [-0.25, -0.2) is 4.98 Å². The molecule has 2 aromatic heterocycles. The zero-order valence-corrected chi connectivity index (χ0v) is 13.0. The maximum absolute atomic E-state index is 12.5. The van der Waals surface area contributed by atoms with E-state index >= 15 is 0 Å². The number of thiophene rings is 1. The maximum atomic E-state index is 12.5. The molecule has 0 atom stereocenters. The van der Waals surface area contributed by atoms with Crippen molar-refractivity contribution in [2.75, 3.05) is 0 Å². The first-order valence-corrected chi connectivity index (χ1v) is 7.68. The normalized spacial score (nSPS) is 11.8. The number of fused-ring (bicyclic) bond motifs is 3. The Balaban J connectivity index is 2.33. The third-order valence-electron chi connectivity index (χ3n) is 3.62. The average Bonchev–Trinajstić information content (AvgIpc) is 2.72. The van der Waals surface area contributed by atoms with E-state index in [1.807, 2.05) is 0 Å². The Kier molecular flexibility index (Phi) is 3.13. The van der Waals surface area contributed by atoms with Crippen molar-refractivity contribution in [1.29, 1.82) is 0 Å². The topological polar surface area (TPSA) is 34.9 Å². The zero-order chi connectivity index (χ0) is 14.4. The van der Waals surface area contributed by atoms with Gasteiger partial charge in [0.2, 0.25) is 0 Å². The predicted molar refractivity (Wildman–Crippen MR) is 85.7 cm³/mol. The molecule has 0 unspecified atom stereocenters. The molecule has 0 bridgehead atoms. The van der Waals surface area contributed by atoms with Gasteiger partial charge in [-0.15, -0.1) is 11.3 Å². The van der Waals surface area contributed by atoms with Crippen LogP contribution in [0.2, 0.25) is 0 Å². The Hall–Kier alpha value is -1.68. The molecule has 0 spiro atoms. The van der Waals surface area contributed by atoms with E-state index in [0.29, 0.717) is 12.5 Å². The summed E-state index contributed by atoms with van der Waals surface area (Å²) in [5.74, 6) is 0.436. The van der Waals surface area contributed by atoms with Gasteiger partial charge in [0, 0.05) is 16.6 Å². The lowest BCUT2D eigenvalue weighted by Gasteiger charge is -2.07. The van der Waals surface area contributed by atoms with Crippen molar-refractivity contribution in [3.63, 3.8) is 0 Å². The molecule has 3 nitrogen and oxygen atoms in total. The Labute approximate surface area is 121 Å². The average molecular weight is 286 g/mol. The molecular formula is C16H18N2OS. The van der Waals surface area contributed by atoms with E-state index in [9.17, 15) is 4.79 Å². The van der Waals surface area contributed by atoms with Gasteiger partial charge in [-0.2, -0.15) is 0 Å². The fourth-order valence-electron chi connectivity index (χ4n) is 2.45. The molecule has 4 heteroatoms. The summed E-state index contributed by atoms with van der Waals surface area (Å²) < 4.78 is 3.64. The smallest absolute Gasteiger partial charge is 0.271 e. The van der Waals surface area contributed by atoms with Crippen LogP contribution in [-0.2, 0) is 6.54 Å². The number of nitrogens with zero attached hydrogens (tertiary/aromatic N) is 2. The van der Waals surface area contributed by atoms with Crippen LogP contribution in [0, 0.1) is 19.8 Å². The largest absolute Gasteiger partial charge is 0.298 e. The molecule has 3 rings (SSSR count). The monoisotopic (exact) mass is 286 g/mol. The highest BCUT2D eigenvalue weighted by Crippen LogP contribution is 2.32. The lowest BCUT2D eigenvalue weighted by molar-refractivity contribution is 0.509. The van der Waals surface area contributed by atoms with E-state index in [1.165, 1.54) is 11.1 Å². The standard InChI is InChI=1S/C16H18N2OS/c1-9(2)7-18-8-17-14-12-5-10(3)11(4)6-13(12)20-15(14)16(18)19/h5-6,8-9H,7H2,1-4H3. The Morgan fingerprint density at radius 2 is 1.95 bits per heavy atom. The van der Waals surface area contributed by atoms with Gasteiger partial charge in [-0.3, -0.25) is 9.36 Å². The first-order valence-electron chi connectivity index (χ1n) is 6.86. The lowest BCUT2D eigenvalue weighted by atomic mass is 10.1. The van der Waals surface area contributed by atoms with Gasteiger partial charge >= 0.3 is 0 Å². The summed E-state index contributed by atoms with van der Waals surface area (Å²) in [5.41, 5.74) is 3.43. The van der Waals surface area contributed by atoms with Crippen molar-refractivity contribution in [3.05, 3.63) is 39.9 Å². The second-order valence-electron chi connectivity index (χ2n) is 5.81. The molecule has 104 valence electrons. The summed E-state index contributed by atoms with van der Waals surface area (Å²) in [6, 6.07) is 4.30. The van der Waals surface area contributed by atoms with E-state index in [1.54, 1.807) is 22.2 Å². The summed E-state index contributed by atoms with van der Waals surface area (Å²) in [6.45, 7) is 9.12. The fourth-order valence-corrected chi connectivity index (χ4v) is 3.63. The van der Waals surface area contributed by atoms with Gasteiger partial charge in [0.1, 0.15) is 4.70 Å². The van der Waals surface area contributed by atoms with Crippen molar-refractivity contribution in [3.8, 4) is 0 Å². The fraction of sp³-hybridized carbons (Fsp3) is 0.375. The van der Waals surface area contributed by atoms with Crippen LogP contribution < -0.4 is 5.56 Å². The van der Waals surface area contributed by atoms with Crippen LogP contribution in [0.1, 0.15) is 25.0 Å². The Morgan fingerprint density at radius 3 is 2.65 bits per heavy atom. The Bertz CT molecular complexity index is 858. The van der Waals surface area contributed by atoms with Crippen LogP contribution >= 0.6 is 11.3 Å². The van der Waals surface area contributed by atoms with Crippen LogP contribution in [0.25, 0.3) is 20.3 Å². The number of rotatable bonds is 2. The van der Waals surface area contributed by atoms with E-state index in [0.717, 1.165) is 20.3 Å². The highest BCUT2D eigenvalue weighted by molar-refractivity contribution is 7.25. The molecule has 0 fully saturated rings. The van der Waals surface area contributed by atoms with Gasteiger partial charge in [0.05, 0.1) is 11.8 Å². The lowest BCUT2D eigenvalue weighted by Crippen LogP contribution is -2.21. The number of aromatic nitrogens is 2. The number of aryl methyl sites for hydroxylation is 2.